The van der Waals surface area contributed by atoms with E-state index in [4.69, 9.17) is 9.47 Å². The van der Waals surface area contributed by atoms with Crippen molar-refractivity contribution in [1.29, 1.82) is 0 Å². The fraction of sp³-hybridized carbons (Fsp3) is 0.414. The Hall–Kier alpha value is -3.22. The highest BCUT2D eigenvalue weighted by Gasteiger charge is 2.55. The van der Waals surface area contributed by atoms with E-state index in [1.54, 1.807) is 6.07 Å². The van der Waals surface area contributed by atoms with Crippen molar-refractivity contribution in [2.75, 3.05) is 0 Å². The Balaban J connectivity index is 1.70. The van der Waals surface area contributed by atoms with Gasteiger partial charge in [0.15, 0.2) is 0 Å². The standard InChI is InChI=1S/C29H32F3NO3/c1-5-19-9-7-8-10-22(19)24-15-20-11-12-21(16-23(20)33(24)17-18(3)4)35-25-13-14-26(36-27(34)6-2)28(25)29(30,31)32/h6-12,15-16,18,25-26,28H,2,5,13-14,17H2,1,3-4H3. The summed E-state index contributed by atoms with van der Waals surface area (Å²) in [6, 6.07) is 15.9. The van der Waals surface area contributed by atoms with Crippen molar-refractivity contribution in [3.63, 3.8) is 0 Å². The third-order valence-corrected chi connectivity index (χ3v) is 6.73. The summed E-state index contributed by atoms with van der Waals surface area (Å²) in [7, 11) is 0. The maximum atomic E-state index is 13.9. The Bertz CT molecular complexity index is 1240. The Morgan fingerprint density at radius 2 is 1.86 bits per heavy atom. The number of ether oxygens (including phenoxy) is 2. The number of esters is 1. The van der Waals surface area contributed by atoms with Crippen molar-refractivity contribution in [3.05, 3.63) is 66.7 Å². The number of nitrogens with zero attached hydrogens (tertiary/aromatic N) is 1. The molecule has 192 valence electrons. The second kappa shape index (κ2) is 10.4. The highest BCUT2D eigenvalue weighted by molar-refractivity contribution is 5.88. The number of aryl methyl sites for hydroxylation is 1. The van der Waals surface area contributed by atoms with E-state index in [2.05, 4.69) is 50.1 Å². The molecule has 4 rings (SSSR count). The highest BCUT2D eigenvalue weighted by atomic mass is 19.4. The van der Waals surface area contributed by atoms with E-state index in [1.807, 2.05) is 24.3 Å². The highest BCUT2D eigenvalue weighted by Crippen LogP contribution is 2.43. The van der Waals surface area contributed by atoms with Crippen LogP contribution in [0.1, 0.15) is 39.2 Å². The summed E-state index contributed by atoms with van der Waals surface area (Å²) in [6.45, 7) is 10.4. The quantitative estimate of drug-likeness (QED) is 0.240. The van der Waals surface area contributed by atoms with E-state index >= 15 is 0 Å². The molecule has 1 fully saturated rings. The Morgan fingerprint density at radius 3 is 2.53 bits per heavy atom. The lowest BCUT2D eigenvalue weighted by molar-refractivity contribution is -0.214. The summed E-state index contributed by atoms with van der Waals surface area (Å²) >= 11 is 0. The second-order valence-electron chi connectivity index (χ2n) is 9.75. The maximum Gasteiger partial charge on any atom is 0.398 e. The number of rotatable bonds is 8. The fourth-order valence-corrected chi connectivity index (χ4v) is 5.16. The molecule has 3 unspecified atom stereocenters. The van der Waals surface area contributed by atoms with Crippen LogP contribution in [0.5, 0.6) is 5.75 Å². The molecule has 36 heavy (non-hydrogen) atoms. The molecule has 1 aliphatic carbocycles. The number of halogens is 3. The Kier molecular flexibility index (Phi) is 7.48. The first-order valence-electron chi connectivity index (χ1n) is 12.4. The fourth-order valence-electron chi connectivity index (χ4n) is 5.16. The summed E-state index contributed by atoms with van der Waals surface area (Å²) in [6.07, 6.45) is -4.99. The molecule has 2 aromatic carbocycles. The van der Waals surface area contributed by atoms with E-state index in [9.17, 15) is 18.0 Å². The SMILES string of the molecule is C=CC(=O)OC1CCC(Oc2ccc3cc(-c4ccccc4CC)n(CC(C)C)c3c2)C1C(F)(F)F. The normalized spacial score (nSPS) is 20.1. The molecular formula is C29H32F3NO3. The maximum absolute atomic E-state index is 13.9. The lowest BCUT2D eigenvalue weighted by atomic mass is 10.0. The van der Waals surface area contributed by atoms with Gasteiger partial charge in [-0.2, -0.15) is 13.2 Å². The molecule has 1 aliphatic rings. The number of alkyl halides is 3. The first kappa shape index (κ1) is 25.9. The number of carbonyl (C=O) groups excluding carboxylic acids is 1. The van der Waals surface area contributed by atoms with Crippen LogP contribution in [-0.2, 0) is 22.5 Å². The third-order valence-electron chi connectivity index (χ3n) is 6.73. The van der Waals surface area contributed by atoms with Crippen LogP contribution in [0.4, 0.5) is 13.2 Å². The number of aromatic nitrogens is 1. The van der Waals surface area contributed by atoms with Crippen molar-refractivity contribution >= 4 is 16.9 Å². The van der Waals surface area contributed by atoms with E-state index < -0.39 is 30.3 Å². The summed E-state index contributed by atoms with van der Waals surface area (Å²) in [5, 5.41) is 1.00. The van der Waals surface area contributed by atoms with Gasteiger partial charge in [0.25, 0.3) is 0 Å². The largest absolute Gasteiger partial charge is 0.490 e. The lowest BCUT2D eigenvalue weighted by Crippen LogP contribution is -2.41. The van der Waals surface area contributed by atoms with E-state index in [0.29, 0.717) is 11.7 Å². The molecule has 0 N–H and O–H groups in total. The smallest absolute Gasteiger partial charge is 0.398 e. The van der Waals surface area contributed by atoms with Gasteiger partial charge in [-0.15, -0.1) is 0 Å². The second-order valence-corrected chi connectivity index (χ2v) is 9.75. The molecule has 3 atom stereocenters. The summed E-state index contributed by atoms with van der Waals surface area (Å²) in [4.78, 5) is 11.6. The van der Waals surface area contributed by atoms with Gasteiger partial charge in [0.1, 0.15) is 23.9 Å². The first-order valence-corrected chi connectivity index (χ1v) is 12.4. The van der Waals surface area contributed by atoms with Crippen molar-refractivity contribution in [2.24, 2.45) is 11.8 Å². The third kappa shape index (κ3) is 5.30. The number of carbonyl (C=O) groups is 1. The molecule has 1 aromatic heterocycles. The molecule has 0 bridgehead atoms. The first-order chi connectivity index (χ1) is 17.1. The molecule has 0 amide bonds. The van der Waals surface area contributed by atoms with Gasteiger partial charge in [0.2, 0.25) is 0 Å². The van der Waals surface area contributed by atoms with Crippen LogP contribution >= 0.6 is 0 Å². The topological polar surface area (TPSA) is 40.5 Å². The predicted octanol–water partition coefficient (Wildman–Crippen LogP) is 7.34. The summed E-state index contributed by atoms with van der Waals surface area (Å²) in [5.41, 5.74) is 4.39. The van der Waals surface area contributed by atoms with Crippen molar-refractivity contribution in [2.45, 2.75) is 65.0 Å². The van der Waals surface area contributed by atoms with Gasteiger partial charge in [-0.05, 0) is 48.9 Å². The minimum absolute atomic E-state index is 0.0817. The van der Waals surface area contributed by atoms with E-state index in [-0.39, 0.29) is 12.8 Å². The number of fused-ring (bicyclic) bond motifs is 1. The minimum Gasteiger partial charge on any atom is -0.490 e. The Morgan fingerprint density at radius 1 is 1.14 bits per heavy atom. The van der Waals surface area contributed by atoms with Crippen LogP contribution in [0.3, 0.4) is 0 Å². The van der Waals surface area contributed by atoms with Gasteiger partial charge in [0, 0.05) is 35.3 Å². The monoisotopic (exact) mass is 499 g/mol. The summed E-state index contributed by atoms with van der Waals surface area (Å²) < 4.78 is 55.0. The Labute approximate surface area is 209 Å². The zero-order valence-corrected chi connectivity index (χ0v) is 20.8. The zero-order chi connectivity index (χ0) is 26.0. The molecule has 0 spiro atoms. The van der Waals surface area contributed by atoms with Crippen LogP contribution in [0.15, 0.2) is 61.2 Å². The van der Waals surface area contributed by atoms with E-state index in [1.165, 1.54) is 5.56 Å². The van der Waals surface area contributed by atoms with E-state index in [0.717, 1.165) is 41.2 Å². The van der Waals surface area contributed by atoms with Gasteiger partial charge in [-0.1, -0.05) is 51.6 Å². The van der Waals surface area contributed by atoms with Gasteiger partial charge in [-0.3, -0.25) is 0 Å². The van der Waals surface area contributed by atoms with Gasteiger partial charge < -0.3 is 14.0 Å². The zero-order valence-electron chi connectivity index (χ0n) is 20.8. The predicted molar refractivity (Wildman–Crippen MR) is 135 cm³/mol. The van der Waals surface area contributed by atoms with Gasteiger partial charge >= 0.3 is 12.1 Å². The van der Waals surface area contributed by atoms with Crippen LogP contribution in [-0.4, -0.2) is 28.9 Å². The van der Waals surface area contributed by atoms with Crippen LogP contribution in [0.2, 0.25) is 0 Å². The van der Waals surface area contributed by atoms with Crippen LogP contribution in [0.25, 0.3) is 22.2 Å². The molecule has 3 aromatic rings. The molecule has 1 saturated carbocycles. The summed E-state index contributed by atoms with van der Waals surface area (Å²) in [5.74, 6) is -2.02. The van der Waals surface area contributed by atoms with Gasteiger partial charge in [-0.25, -0.2) is 4.79 Å². The van der Waals surface area contributed by atoms with Crippen molar-refractivity contribution < 1.29 is 27.4 Å². The molecule has 1 heterocycles. The molecule has 0 saturated heterocycles. The van der Waals surface area contributed by atoms with Gasteiger partial charge in [0.05, 0.1) is 5.52 Å². The average molecular weight is 500 g/mol. The number of hydrogen-bond acceptors (Lipinski definition) is 3. The molecular weight excluding hydrogens is 467 g/mol. The molecule has 0 radical (unpaired) electrons. The number of hydrogen-bond donors (Lipinski definition) is 0. The lowest BCUT2D eigenvalue weighted by Gasteiger charge is -2.27. The number of benzene rings is 2. The molecule has 4 nitrogen and oxygen atoms in total. The average Bonchev–Trinajstić information content (AvgIpc) is 3.39. The minimum atomic E-state index is -4.56. The van der Waals surface area contributed by atoms with Crippen LogP contribution in [0, 0.1) is 11.8 Å². The van der Waals surface area contributed by atoms with Crippen molar-refractivity contribution in [1.82, 2.24) is 4.57 Å². The van der Waals surface area contributed by atoms with Crippen LogP contribution < -0.4 is 4.74 Å². The molecule has 7 heteroatoms. The molecule has 0 aliphatic heterocycles. The van der Waals surface area contributed by atoms with Crippen molar-refractivity contribution in [3.8, 4) is 17.0 Å².